The highest BCUT2D eigenvalue weighted by atomic mass is 35.5. The van der Waals surface area contributed by atoms with Crippen LogP contribution in [0.5, 0.6) is 0 Å². The molecule has 0 spiro atoms. The molecular weight excluding hydrogens is 328 g/mol. The molecule has 24 heavy (non-hydrogen) atoms. The Labute approximate surface area is 144 Å². The van der Waals surface area contributed by atoms with Crippen LogP contribution in [0.2, 0.25) is 5.02 Å². The quantitative estimate of drug-likeness (QED) is 0.875. The highest BCUT2D eigenvalue weighted by Crippen LogP contribution is 2.27. The van der Waals surface area contributed by atoms with Gasteiger partial charge in [-0.25, -0.2) is 0 Å². The summed E-state index contributed by atoms with van der Waals surface area (Å²) in [6, 6.07) is 16.6. The molecule has 0 saturated carbocycles. The maximum absolute atomic E-state index is 12.2. The van der Waals surface area contributed by atoms with E-state index in [1.807, 2.05) is 30.3 Å². The first-order chi connectivity index (χ1) is 11.6. The van der Waals surface area contributed by atoms with E-state index in [2.05, 4.69) is 10.5 Å². The van der Waals surface area contributed by atoms with Crippen molar-refractivity contribution in [3.63, 3.8) is 0 Å². The fourth-order valence-corrected chi connectivity index (χ4v) is 2.77. The molecule has 124 valence electrons. The minimum absolute atomic E-state index is 0.0532. The van der Waals surface area contributed by atoms with Crippen molar-refractivity contribution in [3.8, 4) is 0 Å². The zero-order valence-electron chi connectivity index (χ0n) is 12.9. The maximum atomic E-state index is 12.2. The lowest BCUT2D eigenvalue weighted by atomic mass is 10.0. The van der Waals surface area contributed by atoms with E-state index in [1.165, 1.54) is 0 Å². The van der Waals surface area contributed by atoms with Gasteiger partial charge in [0.2, 0.25) is 0 Å². The number of carbonyl (C=O) groups excluding carboxylic acids is 1. The average molecular weight is 345 g/mol. The number of nitrogens with one attached hydrogen (secondary N) is 1. The minimum atomic E-state index is -0.879. The van der Waals surface area contributed by atoms with Gasteiger partial charge in [-0.05, 0) is 11.6 Å². The first-order valence-corrected chi connectivity index (χ1v) is 8.01. The monoisotopic (exact) mass is 344 g/mol. The third-order valence-electron chi connectivity index (χ3n) is 3.82. The molecule has 0 aromatic heterocycles. The normalized spacial score (nSPS) is 17.8. The second-order valence-electron chi connectivity index (χ2n) is 5.49. The second-order valence-corrected chi connectivity index (χ2v) is 5.90. The van der Waals surface area contributed by atoms with Gasteiger partial charge in [-0.2, -0.15) is 0 Å². The summed E-state index contributed by atoms with van der Waals surface area (Å²) in [6.07, 6.45) is -0.728. The molecular formula is C18H17ClN2O3. The zero-order chi connectivity index (χ0) is 16.9. The van der Waals surface area contributed by atoms with Crippen molar-refractivity contribution < 1.29 is 14.7 Å². The molecule has 2 aromatic carbocycles. The van der Waals surface area contributed by atoms with Crippen LogP contribution in [-0.2, 0) is 9.63 Å². The molecule has 2 aromatic rings. The molecule has 1 amide bonds. The van der Waals surface area contributed by atoms with Gasteiger partial charge in [-0.15, -0.1) is 0 Å². The van der Waals surface area contributed by atoms with Crippen LogP contribution in [-0.4, -0.2) is 23.3 Å². The second kappa shape index (κ2) is 7.47. The van der Waals surface area contributed by atoms with Crippen LogP contribution >= 0.6 is 11.6 Å². The number of hydrogen-bond acceptors (Lipinski definition) is 4. The summed E-state index contributed by atoms with van der Waals surface area (Å²) in [4.78, 5) is 17.5. The standard InChI is InChI=1S/C18H17ClN2O3/c19-14-9-5-4-8-13(14)16(22)11-20-18(23)15-10-17(24-21-15)12-6-2-1-3-7-12/h1-9,16-17,22H,10-11H2,(H,20,23)/t16-,17-/m1/s1. The molecule has 2 N–H and O–H groups in total. The molecule has 1 aliphatic rings. The summed E-state index contributed by atoms with van der Waals surface area (Å²) in [6.45, 7) is 0.0532. The number of benzene rings is 2. The molecule has 0 saturated heterocycles. The number of amides is 1. The average Bonchev–Trinajstić information content (AvgIpc) is 3.11. The van der Waals surface area contributed by atoms with E-state index in [-0.39, 0.29) is 18.6 Å². The number of hydrogen-bond donors (Lipinski definition) is 2. The van der Waals surface area contributed by atoms with Crippen LogP contribution < -0.4 is 5.32 Å². The number of nitrogens with zero attached hydrogens (tertiary/aromatic N) is 1. The third kappa shape index (κ3) is 3.75. The van der Waals surface area contributed by atoms with Gasteiger partial charge in [0.1, 0.15) is 5.71 Å². The van der Waals surface area contributed by atoms with Crippen molar-refractivity contribution in [2.75, 3.05) is 6.54 Å². The number of carbonyl (C=O) groups is 1. The predicted molar refractivity (Wildman–Crippen MR) is 91.7 cm³/mol. The number of aliphatic hydroxyl groups is 1. The first-order valence-electron chi connectivity index (χ1n) is 7.63. The van der Waals surface area contributed by atoms with Crippen LogP contribution in [0.3, 0.4) is 0 Å². The van der Waals surface area contributed by atoms with Gasteiger partial charge < -0.3 is 15.3 Å². The van der Waals surface area contributed by atoms with Gasteiger partial charge in [0.25, 0.3) is 5.91 Å². The molecule has 1 aliphatic heterocycles. The van der Waals surface area contributed by atoms with Gasteiger partial charge in [-0.3, -0.25) is 4.79 Å². The lowest BCUT2D eigenvalue weighted by Gasteiger charge is -2.13. The molecule has 0 unspecified atom stereocenters. The maximum Gasteiger partial charge on any atom is 0.269 e. The third-order valence-corrected chi connectivity index (χ3v) is 4.17. The fraction of sp³-hybridized carbons (Fsp3) is 0.222. The molecule has 6 heteroatoms. The Morgan fingerprint density at radius 2 is 1.96 bits per heavy atom. The SMILES string of the molecule is O=C(NC[C@@H](O)c1ccccc1Cl)C1=NO[C@@H](c2ccccc2)C1. The van der Waals surface area contributed by atoms with Gasteiger partial charge in [0, 0.05) is 23.6 Å². The van der Waals surface area contributed by atoms with Gasteiger partial charge in [-0.1, -0.05) is 65.3 Å². The van der Waals surface area contributed by atoms with Crippen molar-refractivity contribution in [2.24, 2.45) is 5.16 Å². The Morgan fingerprint density at radius 3 is 2.71 bits per heavy atom. The molecule has 0 radical (unpaired) electrons. The molecule has 0 aliphatic carbocycles. The van der Waals surface area contributed by atoms with E-state index in [0.29, 0.717) is 22.7 Å². The molecule has 1 heterocycles. The highest BCUT2D eigenvalue weighted by molar-refractivity contribution is 6.39. The summed E-state index contributed by atoms with van der Waals surface area (Å²) < 4.78 is 0. The zero-order valence-corrected chi connectivity index (χ0v) is 13.6. The Kier molecular flexibility index (Phi) is 5.13. The van der Waals surface area contributed by atoms with Crippen molar-refractivity contribution >= 4 is 23.2 Å². The van der Waals surface area contributed by atoms with Gasteiger partial charge >= 0.3 is 0 Å². The summed E-state index contributed by atoms with van der Waals surface area (Å²) in [5.74, 6) is -0.348. The minimum Gasteiger partial charge on any atom is -0.387 e. The first kappa shape index (κ1) is 16.5. The number of rotatable bonds is 5. The molecule has 0 bridgehead atoms. The Hall–Kier alpha value is -2.37. The van der Waals surface area contributed by atoms with Gasteiger partial charge in [0.15, 0.2) is 6.10 Å². The lowest BCUT2D eigenvalue weighted by molar-refractivity contribution is -0.115. The van der Waals surface area contributed by atoms with E-state index in [0.717, 1.165) is 5.56 Å². The van der Waals surface area contributed by atoms with E-state index in [4.69, 9.17) is 16.4 Å². The van der Waals surface area contributed by atoms with Crippen molar-refractivity contribution in [3.05, 3.63) is 70.7 Å². The summed E-state index contributed by atoms with van der Waals surface area (Å²) >= 11 is 6.03. The van der Waals surface area contributed by atoms with Crippen LogP contribution in [0.25, 0.3) is 0 Å². The van der Waals surface area contributed by atoms with Crippen LogP contribution in [0.4, 0.5) is 0 Å². The smallest absolute Gasteiger partial charge is 0.269 e. The van der Waals surface area contributed by atoms with E-state index < -0.39 is 6.10 Å². The molecule has 3 rings (SSSR count). The number of oxime groups is 1. The van der Waals surface area contributed by atoms with Crippen LogP contribution in [0.1, 0.15) is 29.8 Å². The van der Waals surface area contributed by atoms with Crippen molar-refractivity contribution in [1.29, 1.82) is 0 Å². The number of halogens is 1. The van der Waals surface area contributed by atoms with Gasteiger partial charge in [0.05, 0.1) is 6.10 Å². The largest absolute Gasteiger partial charge is 0.387 e. The Morgan fingerprint density at radius 1 is 1.25 bits per heavy atom. The summed E-state index contributed by atoms with van der Waals surface area (Å²) in [5, 5.41) is 17.1. The van der Waals surface area contributed by atoms with Crippen molar-refractivity contribution in [1.82, 2.24) is 5.32 Å². The molecule has 0 fully saturated rings. The van der Waals surface area contributed by atoms with Crippen LogP contribution in [0.15, 0.2) is 59.8 Å². The fourth-order valence-electron chi connectivity index (χ4n) is 2.50. The highest BCUT2D eigenvalue weighted by Gasteiger charge is 2.27. The van der Waals surface area contributed by atoms with Crippen LogP contribution in [0, 0.1) is 0 Å². The summed E-state index contributed by atoms with van der Waals surface area (Å²) in [7, 11) is 0. The molecule has 2 atom stereocenters. The van der Waals surface area contributed by atoms with E-state index >= 15 is 0 Å². The van der Waals surface area contributed by atoms with Crippen molar-refractivity contribution in [2.45, 2.75) is 18.6 Å². The Bertz CT molecular complexity index is 749. The van der Waals surface area contributed by atoms with E-state index in [1.54, 1.807) is 24.3 Å². The number of aliphatic hydroxyl groups excluding tert-OH is 1. The molecule has 5 nitrogen and oxygen atoms in total. The topological polar surface area (TPSA) is 70.9 Å². The van der Waals surface area contributed by atoms with E-state index in [9.17, 15) is 9.90 Å². The lowest BCUT2D eigenvalue weighted by Crippen LogP contribution is -2.33. The summed E-state index contributed by atoms with van der Waals surface area (Å²) in [5.41, 5.74) is 1.86. The predicted octanol–water partition coefficient (Wildman–Crippen LogP) is 3.01. The Balaban J connectivity index is 1.54.